The summed E-state index contributed by atoms with van der Waals surface area (Å²) in [6.07, 6.45) is 7.18. The molecule has 5 aliphatic heterocycles. The number of carbonyl (C=O) groups is 1. The van der Waals surface area contributed by atoms with Crippen LogP contribution in [0, 0.1) is 0 Å². The summed E-state index contributed by atoms with van der Waals surface area (Å²) in [6, 6.07) is 10.3. The van der Waals surface area contributed by atoms with Gasteiger partial charge in [0.15, 0.2) is 0 Å². The zero-order valence-electron chi connectivity index (χ0n) is 23.3. The van der Waals surface area contributed by atoms with E-state index < -0.39 is 6.17 Å². The Balaban J connectivity index is 1.13. The number of methoxy groups -OCH3 is 1. The molecule has 9 nitrogen and oxygen atoms in total. The van der Waals surface area contributed by atoms with E-state index in [1.54, 1.807) is 19.5 Å². The van der Waals surface area contributed by atoms with E-state index in [4.69, 9.17) is 14.5 Å². The van der Waals surface area contributed by atoms with Crippen molar-refractivity contribution >= 4 is 28.2 Å². The summed E-state index contributed by atoms with van der Waals surface area (Å²) in [6.45, 7) is 3.28. The van der Waals surface area contributed by atoms with E-state index in [-0.39, 0.29) is 23.5 Å². The van der Waals surface area contributed by atoms with Gasteiger partial charge in [-0.1, -0.05) is 12.1 Å². The largest absolute Gasteiger partial charge is 0.497 e. The molecule has 7 heterocycles. The minimum Gasteiger partial charge on any atom is -0.497 e. The number of carbonyl (C=O) groups excluding carboxylic acids is 1. The molecule has 1 N–H and O–H groups in total. The number of fused-ring (bicyclic) bond motifs is 9. The number of ether oxygens (including phenoxy) is 2. The maximum atomic E-state index is 14.4. The van der Waals surface area contributed by atoms with Gasteiger partial charge in [-0.2, -0.15) is 0 Å². The molecule has 0 radical (unpaired) electrons. The molecule has 1 aromatic carbocycles. The van der Waals surface area contributed by atoms with Crippen LogP contribution < -0.4 is 19.7 Å². The Labute approximate surface area is 238 Å². The Hall–Kier alpha value is -3.50. The Morgan fingerprint density at radius 1 is 1.17 bits per heavy atom. The molecular formula is C31H35FN6O3. The fraction of sp³-hybridized carbons (Fsp3) is 0.516. The number of hydrogen-bond donors (Lipinski definition) is 1. The molecule has 4 fully saturated rings. The Bertz CT molecular complexity index is 1500. The molecule has 4 saturated heterocycles. The quantitative estimate of drug-likeness (QED) is 0.490. The summed E-state index contributed by atoms with van der Waals surface area (Å²) in [5.74, 6) is 1.23. The standard InChI is InChI=1S/C31H35FN6O3/c1-40-22-6-3-19(4-7-22)15-37-21-5-8-25(37)28-29(39)35-26-27(38(28)17-21)23-9-11-33-14-24(23)34-30(26)41-18-31-10-2-12-36(31)16-20(32)13-31/h3-4,6-7,9,11,14,20-21,25,28H,2,5,8,10,12-13,15-18H2,1H3,(H,35,39)/t20-,21-,25+,28?,31+/m1/s1. The lowest BCUT2D eigenvalue weighted by Gasteiger charge is -2.50. The highest BCUT2D eigenvalue weighted by atomic mass is 19.1. The van der Waals surface area contributed by atoms with Crippen molar-refractivity contribution in [2.24, 2.45) is 0 Å². The second kappa shape index (κ2) is 9.52. The van der Waals surface area contributed by atoms with Crippen molar-refractivity contribution in [1.82, 2.24) is 19.8 Å². The molecule has 2 aromatic heterocycles. The van der Waals surface area contributed by atoms with Crippen molar-refractivity contribution in [2.75, 3.05) is 43.6 Å². The van der Waals surface area contributed by atoms with Crippen LogP contribution in [0.1, 0.15) is 37.7 Å². The van der Waals surface area contributed by atoms with Gasteiger partial charge >= 0.3 is 0 Å². The second-order valence-electron chi connectivity index (χ2n) is 12.3. The average Bonchev–Trinajstić information content (AvgIpc) is 3.59. The number of benzene rings is 1. The zero-order chi connectivity index (χ0) is 27.7. The molecule has 5 aliphatic rings. The van der Waals surface area contributed by atoms with Crippen LogP contribution in [0.4, 0.5) is 15.8 Å². The van der Waals surface area contributed by atoms with Crippen LogP contribution in [0.15, 0.2) is 42.7 Å². The van der Waals surface area contributed by atoms with Crippen LogP contribution in [0.3, 0.4) is 0 Å². The average molecular weight is 559 g/mol. The first-order valence-corrected chi connectivity index (χ1v) is 14.8. The molecule has 41 heavy (non-hydrogen) atoms. The van der Waals surface area contributed by atoms with Gasteiger partial charge in [0.25, 0.3) is 0 Å². The van der Waals surface area contributed by atoms with Gasteiger partial charge in [0.2, 0.25) is 11.8 Å². The Morgan fingerprint density at radius 2 is 2.05 bits per heavy atom. The van der Waals surface area contributed by atoms with Crippen molar-refractivity contribution in [2.45, 2.75) is 68.5 Å². The zero-order valence-corrected chi connectivity index (χ0v) is 23.3. The molecule has 0 aliphatic carbocycles. The van der Waals surface area contributed by atoms with Gasteiger partial charge in [-0.15, -0.1) is 0 Å². The highest BCUT2D eigenvalue weighted by Gasteiger charge is 2.53. The number of nitrogens with zero attached hydrogens (tertiary/aromatic N) is 5. The molecular weight excluding hydrogens is 523 g/mol. The molecule has 10 heteroatoms. The monoisotopic (exact) mass is 558 g/mol. The van der Waals surface area contributed by atoms with Gasteiger partial charge in [-0.05, 0) is 56.0 Å². The molecule has 214 valence electrons. The SMILES string of the molecule is COc1ccc(CN2[C@@H]3CC[C@H]2C2C(=O)Nc4c(OC[C@@]56CCCN5C[C@H](F)C6)nc5cnccc5c4N2C3)cc1. The maximum Gasteiger partial charge on any atom is 0.248 e. The van der Waals surface area contributed by atoms with Gasteiger partial charge < -0.3 is 19.7 Å². The molecule has 0 saturated carbocycles. The summed E-state index contributed by atoms with van der Waals surface area (Å²) in [4.78, 5) is 30.1. The van der Waals surface area contributed by atoms with Gasteiger partial charge in [-0.25, -0.2) is 9.37 Å². The molecule has 1 amide bonds. The van der Waals surface area contributed by atoms with Crippen molar-refractivity contribution < 1.29 is 18.7 Å². The lowest BCUT2D eigenvalue weighted by Crippen LogP contribution is -2.65. The second-order valence-corrected chi connectivity index (χ2v) is 12.3. The van der Waals surface area contributed by atoms with E-state index in [1.807, 2.05) is 18.2 Å². The third-order valence-electron chi connectivity index (χ3n) is 10.1. The van der Waals surface area contributed by atoms with Gasteiger partial charge in [0, 0.05) is 49.7 Å². The predicted molar refractivity (Wildman–Crippen MR) is 153 cm³/mol. The van der Waals surface area contributed by atoms with E-state index in [9.17, 15) is 9.18 Å². The Kier molecular flexibility index (Phi) is 5.86. The van der Waals surface area contributed by atoms with E-state index in [0.29, 0.717) is 37.2 Å². The summed E-state index contributed by atoms with van der Waals surface area (Å²) in [7, 11) is 1.68. The first-order chi connectivity index (χ1) is 20.0. The van der Waals surface area contributed by atoms with Crippen LogP contribution in [-0.4, -0.2) is 88.9 Å². The molecule has 8 rings (SSSR count). The van der Waals surface area contributed by atoms with Crippen molar-refractivity contribution in [3.63, 3.8) is 0 Å². The summed E-state index contributed by atoms with van der Waals surface area (Å²) in [5.41, 5.74) is 3.24. The number of amides is 1. The van der Waals surface area contributed by atoms with Gasteiger partial charge in [0.1, 0.15) is 30.3 Å². The number of aromatic nitrogens is 2. The normalized spacial score (nSPS) is 30.7. The molecule has 3 aromatic rings. The smallest absolute Gasteiger partial charge is 0.248 e. The molecule has 5 atom stereocenters. The lowest BCUT2D eigenvalue weighted by molar-refractivity contribution is -0.119. The van der Waals surface area contributed by atoms with E-state index >= 15 is 0 Å². The minimum atomic E-state index is -0.827. The van der Waals surface area contributed by atoms with Crippen LogP contribution in [0.5, 0.6) is 11.6 Å². The number of anilines is 2. The number of piperazine rings is 1. The predicted octanol–water partition coefficient (Wildman–Crippen LogP) is 3.77. The number of pyridine rings is 2. The summed E-state index contributed by atoms with van der Waals surface area (Å²) in [5, 5.41) is 4.18. The van der Waals surface area contributed by atoms with Crippen molar-refractivity contribution in [3.8, 4) is 11.6 Å². The van der Waals surface area contributed by atoms with Crippen LogP contribution in [0.2, 0.25) is 0 Å². The third kappa shape index (κ3) is 3.98. The number of alkyl halides is 1. The number of halogens is 1. The van der Waals surface area contributed by atoms with E-state index in [2.05, 4.69) is 37.1 Å². The first kappa shape index (κ1) is 25.2. The molecule has 0 spiro atoms. The highest BCUT2D eigenvalue weighted by molar-refractivity contribution is 6.12. The fourth-order valence-corrected chi connectivity index (χ4v) is 8.22. The number of nitrogens with one attached hydrogen (secondary N) is 1. The summed E-state index contributed by atoms with van der Waals surface area (Å²) >= 11 is 0. The topological polar surface area (TPSA) is 83.1 Å². The lowest BCUT2D eigenvalue weighted by atomic mass is 9.94. The van der Waals surface area contributed by atoms with E-state index in [1.165, 1.54) is 5.56 Å². The highest BCUT2D eigenvalue weighted by Crippen LogP contribution is 2.49. The van der Waals surface area contributed by atoms with Gasteiger partial charge in [-0.3, -0.25) is 19.6 Å². The first-order valence-electron chi connectivity index (χ1n) is 14.8. The third-order valence-corrected chi connectivity index (χ3v) is 10.1. The molecule has 2 bridgehead atoms. The van der Waals surface area contributed by atoms with Crippen LogP contribution >= 0.6 is 0 Å². The summed E-state index contributed by atoms with van der Waals surface area (Å²) < 4.78 is 26.2. The maximum absolute atomic E-state index is 14.4. The number of hydrogen-bond acceptors (Lipinski definition) is 8. The number of rotatable bonds is 6. The molecule has 1 unspecified atom stereocenters. The van der Waals surface area contributed by atoms with E-state index in [0.717, 1.165) is 67.7 Å². The van der Waals surface area contributed by atoms with Crippen molar-refractivity contribution in [1.29, 1.82) is 0 Å². The fourth-order valence-electron chi connectivity index (χ4n) is 8.22. The minimum absolute atomic E-state index is 0.0204. The van der Waals surface area contributed by atoms with Gasteiger partial charge in [0.05, 0.1) is 30.0 Å². The van der Waals surface area contributed by atoms with Crippen LogP contribution in [0.25, 0.3) is 10.9 Å². The van der Waals surface area contributed by atoms with Crippen LogP contribution in [-0.2, 0) is 11.3 Å². The Morgan fingerprint density at radius 3 is 2.90 bits per heavy atom. The van der Waals surface area contributed by atoms with Crippen molar-refractivity contribution in [3.05, 3.63) is 48.3 Å².